The van der Waals surface area contributed by atoms with Gasteiger partial charge in [0.2, 0.25) is 0 Å². The minimum atomic E-state index is -0.627. The number of ether oxygens (including phenoxy) is 1. The summed E-state index contributed by atoms with van der Waals surface area (Å²) in [5.41, 5.74) is 0.679. The molecule has 1 atom stereocenters. The van der Waals surface area contributed by atoms with E-state index in [2.05, 4.69) is 10.1 Å². The molecule has 0 heterocycles. The van der Waals surface area contributed by atoms with Crippen molar-refractivity contribution in [3.63, 3.8) is 0 Å². The van der Waals surface area contributed by atoms with Crippen molar-refractivity contribution in [1.82, 2.24) is 5.32 Å². The average molecular weight is 225 g/mol. The van der Waals surface area contributed by atoms with Crippen molar-refractivity contribution in [1.29, 1.82) is 0 Å². The van der Waals surface area contributed by atoms with Crippen molar-refractivity contribution < 1.29 is 19.7 Å². The van der Waals surface area contributed by atoms with Crippen LogP contribution in [0.1, 0.15) is 11.6 Å². The van der Waals surface area contributed by atoms with Crippen LogP contribution in [0, 0.1) is 0 Å². The predicted molar refractivity (Wildman–Crippen MR) is 58.0 cm³/mol. The fraction of sp³-hybridized carbons (Fsp3) is 0.364. The molecule has 0 amide bonds. The maximum atomic E-state index is 11.5. The van der Waals surface area contributed by atoms with E-state index in [-0.39, 0.29) is 12.4 Å². The topological polar surface area (TPSA) is 78.8 Å². The van der Waals surface area contributed by atoms with E-state index in [1.165, 1.54) is 19.2 Å². The number of aliphatic hydroxyl groups is 1. The third-order valence-electron chi connectivity index (χ3n) is 2.12. The lowest BCUT2D eigenvalue weighted by Crippen LogP contribution is -2.31. The molecule has 1 aromatic carbocycles. The van der Waals surface area contributed by atoms with Gasteiger partial charge >= 0.3 is 5.97 Å². The van der Waals surface area contributed by atoms with Crippen molar-refractivity contribution in [2.75, 3.05) is 20.3 Å². The van der Waals surface area contributed by atoms with E-state index in [0.29, 0.717) is 12.1 Å². The highest BCUT2D eigenvalue weighted by Crippen LogP contribution is 2.17. The number of rotatable bonds is 5. The summed E-state index contributed by atoms with van der Waals surface area (Å²) in [6.07, 6.45) is 0. The van der Waals surface area contributed by atoms with Crippen LogP contribution in [-0.4, -0.2) is 36.4 Å². The lowest BCUT2D eigenvalue weighted by molar-refractivity contribution is -0.143. The highest BCUT2D eigenvalue weighted by molar-refractivity contribution is 5.77. The van der Waals surface area contributed by atoms with Gasteiger partial charge in [0.05, 0.1) is 13.7 Å². The molecule has 88 valence electrons. The van der Waals surface area contributed by atoms with E-state index in [9.17, 15) is 4.79 Å². The normalized spacial score (nSPS) is 12.1. The maximum absolute atomic E-state index is 11.5. The van der Waals surface area contributed by atoms with E-state index < -0.39 is 12.0 Å². The molecule has 1 rings (SSSR count). The quantitative estimate of drug-likeness (QED) is 0.623. The molecule has 0 radical (unpaired) electrons. The number of benzene rings is 1. The Morgan fingerprint density at radius 1 is 1.44 bits per heavy atom. The number of carbonyl (C=O) groups excluding carboxylic acids is 1. The first-order valence-electron chi connectivity index (χ1n) is 4.90. The Morgan fingerprint density at radius 3 is 2.56 bits per heavy atom. The summed E-state index contributed by atoms with van der Waals surface area (Å²) < 4.78 is 4.65. The second-order valence-corrected chi connectivity index (χ2v) is 3.23. The number of hydrogen-bond donors (Lipinski definition) is 3. The van der Waals surface area contributed by atoms with Gasteiger partial charge in [-0.2, -0.15) is 0 Å². The lowest BCUT2D eigenvalue weighted by Gasteiger charge is -2.16. The molecule has 3 N–H and O–H groups in total. The minimum absolute atomic E-state index is 0.0639. The molecule has 0 saturated carbocycles. The van der Waals surface area contributed by atoms with Crippen LogP contribution in [0.5, 0.6) is 5.75 Å². The molecule has 5 nitrogen and oxygen atoms in total. The van der Waals surface area contributed by atoms with Gasteiger partial charge in [0.15, 0.2) is 0 Å². The van der Waals surface area contributed by atoms with Gasteiger partial charge in [0, 0.05) is 6.54 Å². The van der Waals surface area contributed by atoms with Crippen molar-refractivity contribution >= 4 is 5.97 Å². The Hall–Kier alpha value is -1.59. The zero-order chi connectivity index (χ0) is 12.0. The van der Waals surface area contributed by atoms with E-state index in [0.717, 1.165) is 0 Å². The molecule has 0 saturated heterocycles. The molecule has 5 heteroatoms. The number of esters is 1. The molecule has 1 unspecified atom stereocenters. The van der Waals surface area contributed by atoms with Crippen molar-refractivity contribution in [2.45, 2.75) is 6.04 Å². The van der Waals surface area contributed by atoms with Gasteiger partial charge in [-0.15, -0.1) is 0 Å². The van der Waals surface area contributed by atoms with Crippen LogP contribution in [0.25, 0.3) is 0 Å². The number of aromatic hydroxyl groups is 1. The lowest BCUT2D eigenvalue weighted by atomic mass is 10.1. The zero-order valence-corrected chi connectivity index (χ0v) is 9.01. The first kappa shape index (κ1) is 12.5. The summed E-state index contributed by atoms with van der Waals surface area (Å²) in [6.45, 7) is 0.228. The Bertz CT molecular complexity index is 336. The second kappa shape index (κ2) is 6.09. The molecule has 0 aliphatic rings. The van der Waals surface area contributed by atoms with Gasteiger partial charge < -0.3 is 14.9 Å². The molecule has 0 bridgehead atoms. The van der Waals surface area contributed by atoms with Gasteiger partial charge in [-0.25, -0.2) is 4.79 Å². The van der Waals surface area contributed by atoms with E-state index in [4.69, 9.17) is 10.2 Å². The first-order valence-corrected chi connectivity index (χ1v) is 4.90. The third-order valence-corrected chi connectivity index (χ3v) is 2.12. The first-order chi connectivity index (χ1) is 7.69. The van der Waals surface area contributed by atoms with E-state index in [1.54, 1.807) is 12.1 Å². The number of phenols is 1. The predicted octanol–water partition coefficient (Wildman–Crippen LogP) is 0.188. The van der Waals surface area contributed by atoms with Crippen molar-refractivity contribution in [3.8, 4) is 5.75 Å². The summed E-state index contributed by atoms with van der Waals surface area (Å²) in [5, 5.41) is 20.7. The van der Waals surface area contributed by atoms with E-state index >= 15 is 0 Å². The molecule has 16 heavy (non-hydrogen) atoms. The van der Waals surface area contributed by atoms with Crippen LogP contribution < -0.4 is 5.32 Å². The molecule has 0 aliphatic heterocycles. The van der Waals surface area contributed by atoms with Gasteiger partial charge in [-0.05, 0) is 17.7 Å². The highest BCUT2D eigenvalue weighted by Gasteiger charge is 2.20. The Balaban J connectivity index is 2.82. The monoisotopic (exact) mass is 225 g/mol. The molecular weight excluding hydrogens is 210 g/mol. The molecule has 0 fully saturated rings. The smallest absolute Gasteiger partial charge is 0.327 e. The molecule has 0 aliphatic carbocycles. The maximum Gasteiger partial charge on any atom is 0.327 e. The number of phenolic OH excluding ortho intramolecular Hbond substituents is 1. The minimum Gasteiger partial charge on any atom is -0.508 e. The van der Waals surface area contributed by atoms with Gasteiger partial charge in [-0.3, -0.25) is 5.32 Å². The SMILES string of the molecule is COC(=O)C(NCCO)c1ccc(O)cc1. The van der Waals surface area contributed by atoms with Crippen molar-refractivity contribution in [2.24, 2.45) is 0 Å². The average Bonchev–Trinajstić information content (AvgIpc) is 2.31. The highest BCUT2D eigenvalue weighted by atomic mass is 16.5. The summed E-state index contributed by atoms with van der Waals surface area (Å²) in [5.74, 6) is -0.298. The van der Waals surface area contributed by atoms with Gasteiger partial charge in [0.25, 0.3) is 0 Å². The molecule has 1 aromatic rings. The number of methoxy groups -OCH3 is 1. The second-order valence-electron chi connectivity index (χ2n) is 3.23. The summed E-state index contributed by atoms with van der Waals surface area (Å²) in [4.78, 5) is 11.5. The van der Waals surface area contributed by atoms with Gasteiger partial charge in [0.1, 0.15) is 11.8 Å². The van der Waals surface area contributed by atoms with Crippen LogP contribution >= 0.6 is 0 Å². The number of carbonyl (C=O) groups is 1. The summed E-state index contributed by atoms with van der Waals surface area (Å²) in [7, 11) is 1.30. The standard InChI is InChI=1S/C11H15NO4/c1-16-11(15)10(12-6-7-13)8-2-4-9(14)5-3-8/h2-5,10,12-14H,6-7H2,1H3. The Kier molecular flexibility index (Phi) is 4.75. The third kappa shape index (κ3) is 3.22. The fourth-order valence-electron chi connectivity index (χ4n) is 1.33. The van der Waals surface area contributed by atoms with Crippen LogP contribution in [0.15, 0.2) is 24.3 Å². The number of hydrogen-bond acceptors (Lipinski definition) is 5. The Morgan fingerprint density at radius 2 is 2.06 bits per heavy atom. The zero-order valence-electron chi connectivity index (χ0n) is 9.01. The summed E-state index contributed by atoms with van der Waals surface area (Å²) >= 11 is 0. The van der Waals surface area contributed by atoms with Crippen LogP contribution in [-0.2, 0) is 9.53 Å². The molecular formula is C11H15NO4. The van der Waals surface area contributed by atoms with Crippen LogP contribution in [0.3, 0.4) is 0 Å². The fourth-order valence-corrected chi connectivity index (χ4v) is 1.33. The van der Waals surface area contributed by atoms with E-state index in [1.807, 2.05) is 0 Å². The molecule has 0 aromatic heterocycles. The number of nitrogens with one attached hydrogen (secondary N) is 1. The van der Waals surface area contributed by atoms with Crippen LogP contribution in [0.2, 0.25) is 0 Å². The van der Waals surface area contributed by atoms with Crippen LogP contribution in [0.4, 0.5) is 0 Å². The largest absolute Gasteiger partial charge is 0.508 e. The molecule has 0 spiro atoms. The number of aliphatic hydroxyl groups excluding tert-OH is 1. The Labute approximate surface area is 93.7 Å². The summed E-state index contributed by atoms with van der Waals surface area (Å²) in [6, 6.07) is 5.61. The van der Waals surface area contributed by atoms with Crippen molar-refractivity contribution in [3.05, 3.63) is 29.8 Å². The van der Waals surface area contributed by atoms with Gasteiger partial charge in [-0.1, -0.05) is 12.1 Å².